The van der Waals surface area contributed by atoms with Crippen LogP contribution in [0.15, 0.2) is 0 Å². The van der Waals surface area contributed by atoms with E-state index in [-0.39, 0.29) is 11.9 Å². The second kappa shape index (κ2) is 5.57. The third kappa shape index (κ3) is 3.23. The first-order chi connectivity index (χ1) is 8.49. The van der Waals surface area contributed by atoms with Gasteiger partial charge in [0.05, 0.1) is 5.54 Å². The van der Waals surface area contributed by atoms with Gasteiger partial charge in [-0.2, -0.15) is 0 Å². The lowest BCUT2D eigenvalue weighted by Gasteiger charge is -2.38. The molecule has 0 spiro atoms. The number of amides is 1. The van der Waals surface area contributed by atoms with Crippen LogP contribution in [0.3, 0.4) is 0 Å². The normalized spacial score (nSPS) is 38.4. The molecule has 2 fully saturated rings. The van der Waals surface area contributed by atoms with E-state index in [4.69, 9.17) is 5.73 Å². The Balaban J connectivity index is 1.90. The Kier molecular flexibility index (Phi) is 4.28. The Morgan fingerprint density at radius 3 is 2.83 bits per heavy atom. The molecule has 3 atom stereocenters. The molecule has 3 N–H and O–H groups in total. The Labute approximate surface area is 110 Å². The first kappa shape index (κ1) is 13.8. The largest absolute Gasteiger partial charge is 0.350 e. The van der Waals surface area contributed by atoms with Gasteiger partial charge in [-0.1, -0.05) is 19.8 Å². The molecule has 2 rings (SSSR count). The Bertz CT molecular complexity index is 307. The van der Waals surface area contributed by atoms with E-state index in [1.54, 1.807) is 0 Å². The minimum absolute atomic E-state index is 0.0781. The maximum atomic E-state index is 12.4. The van der Waals surface area contributed by atoms with Crippen LogP contribution in [0.2, 0.25) is 0 Å². The van der Waals surface area contributed by atoms with Crippen LogP contribution in [0.4, 0.5) is 0 Å². The summed E-state index contributed by atoms with van der Waals surface area (Å²) in [5.41, 5.74) is 5.70. The molecule has 1 heterocycles. The quantitative estimate of drug-likeness (QED) is 0.775. The van der Waals surface area contributed by atoms with Crippen molar-refractivity contribution in [1.82, 2.24) is 10.2 Å². The molecule has 1 saturated heterocycles. The summed E-state index contributed by atoms with van der Waals surface area (Å²) in [7, 11) is 2.11. The summed E-state index contributed by atoms with van der Waals surface area (Å²) < 4.78 is 0. The molecule has 1 aliphatic heterocycles. The highest BCUT2D eigenvalue weighted by atomic mass is 16.2. The highest BCUT2D eigenvalue weighted by Gasteiger charge is 2.38. The van der Waals surface area contributed by atoms with Gasteiger partial charge in [0.25, 0.3) is 0 Å². The summed E-state index contributed by atoms with van der Waals surface area (Å²) in [5.74, 6) is 0.651. The zero-order chi connectivity index (χ0) is 13.2. The van der Waals surface area contributed by atoms with E-state index in [0.717, 1.165) is 45.2 Å². The molecular weight excluding hydrogens is 226 g/mol. The van der Waals surface area contributed by atoms with Gasteiger partial charge in [-0.25, -0.2) is 0 Å². The van der Waals surface area contributed by atoms with Gasteiger partial charge in [-0.15, -0.1) is 0 Å². The number of rotatable bonds is 2. The molecule has 3 unspecified atom stereocenters. The van der Waals surface area contributed by atoms with E-state index in [1.165, 1.54) is 6.42 Å². The third-order valence-electron chi connectivity index (χ3n) is 4.44. The lowest BCUT2D eigenvalue weighted by atomic mass is 9.76. The van der Waals surface area contributed by atoms with E-state index >= 15 is 0 Å². The molecule has 0 aromatic heterocycles. The average Bonchev–Trinajstić information content (AvgIpc) is 2.28. The zero-order valence-corrected chi connectivity index (χ0v) is 11.7. The first-order valence-corrected chi connectivity index (χ1v) is 7.28. The number of nitrogens with two attached hydrogens (primary N) is 1. The summed E-state index contributed by atoms with van der Waals surface area (Å²) >= 11 is 0. The van der Waals surface area contributed by atoms with Crippen LogP contribution in [-0.2, 0) is 4.79 Å². The molecule has 0 bridgehead atoms. The molecule has 0 aromatic carbocycles. The zero-order valence-electron chi connectivity index (χ0n) is 11.7. The fraction of sp³-hybridized carbons (Fsp3) is 0.929. The minimum atomic E-state index is -0.617. The van der Waals surface area contributed by atoms with Gasteiger partial charge in [0.1, 0.15) is 0 Å². The maximum absolute atomic E-state index is 12.4. The molecule has 0 radical (unpaired) electrons. The average molecular weight is 253 g/mol. The molecule has 4 heteroatoms. The van der Waals surface area contributed by atoms with Crippen LogP contribution >= 0.6 is 0 Å². The van der Waals surface area contributed by atoms with Gasteiger partial charge >= 0.3 is 0 Å². The summed E-state index contributed by atoms with van der Waals surface area (Å²) in [6.45, 7) is 4.29. The van der Waals surface area contributed by atoms with E-state index in [0.29, 0.717) is 5.92 Å². The number of carbonyl (C=O) groups excluding carboxylic acids is 1. The monoisotopic (exact) mass is 253 g/mol. The standard InChI is InChI=1S/C14H27N3O/c1-11-5-3-7-14(15,9-11)13(18)16-12-6-4-8-17(2)10-12/h11-12H,3-10,15H2,1-2H3,(H,16,18). The van der Waals surface area contributed by atoms with Gasteiger partial charge in [0.15, 0.2) is 0 Å². The van der Waals surface area contributed by atoms with E-state index in [1.807, 2.05) is 0 Å². The number of nitrogens with zero attached hydrogens (tertiary/aromatic N) is 1. The predicted octanol–water partition coefficient (Wildman–Crippen LogP) is 1.10. The number of hydrogen-bond acceptors (Lipinski definition) is 3. The lowest BCUT2D eigenvalue weighted by Crippen LogP contribution is -2.59. The molecular formula is C14H27N3O. The Morgan fingerprint density at radius 2 is 2.17 bits per heavy atom. The molecule has 0 aromatic rings. The smallest absolute Gasteiger partial charge is 0.240 e. The Morgan fingerprint density at radius 1 is 1.39 bits per heavy atom. The fourth-order valence-electron chi connectivity index (χ4n) is 3.41. The van der Waals surface area contributed by atoms with Crippen molar-refractivity contribution in [3.05, 3.63) is 0 Å². The van der Waals surface area contributed by atoms with E-state index < -0.39 is 5.54 Å². The van der Waals surface area contributed by atoms with Crippen molar-refractivity contribution in [2.24, 2.45) is 11.7 Å². The first-order valence-electron chi connectivity index (χ1n) is 7.28. The molecule has 1 saturated carbocycles. The SMILES string of the molecule is CC1CCCC(N)(C(=O)NC2CCCN(C)C2)C1. The van der Waals surface area contributed by atoms with Gasteiger partial charge in [-0.05, 0) is 45.2 Å². The minimum Gasteiger partial charge on any atom is -0.350 e. The van der Waals surface area contributed by atoms with E-state index in [9.17, 15) is 4.79 Å². The van der Waals surface area contributed by atoms with Gasteiger partial charge in [0, 0.05) is 12.6 Å². The summed E-state index contributed by atoms with van der Waals surface area (Å²) in [4.78, 5) is 14.7. The molecule has 18 heavy (non-hydrogen) atoms. The van der Waals surface area contributed by atoms with Crippen molar-refractivity contribution >= 4 is 5.91 Å². The summed E-state index contributed by atoms with van der Waals surface area (Å²) in [6.07, 6.45) is 6.21. The number of likely N-dealkylation sites (N-methyl/N-ethyl adjacent to an activating group) is 1. The van der Waals surface area contributed by atoms with Crippen LogP contribution in [0.5, 0.6) is 0 Å². The summed E-state index contributed by atoms with van der Waals surface area (Å²) in [6, 6.07) is 0.286. The second-order valence-electron chi connectivity index (χ2n) is 6.43. The van der Waals surface area contributed by atoms with E-state index in [2.05, 4.69) is 24.2 Å². The predicted molar refractivity (Wildman–Crippen MR) is 73.2 cm³/mol. The maximum Gasteiger partial charge on any atom is 0.240 e. The second-order valence-corrected chi connectivity index (χ2v) is 6.43. The van der Waals surface area contributed by atoms with Crippen LogP contribution < -0.4 is 11.1 Å². The number of carbonyl (C=O) groups is 1. The molecule has 1 amide bonds. The van der Waals surface area contributed by atoms with Crippen molar-refractivity contribution in [3.8, 4) is 0 Å². The number of likely N-dealkylation sites (tertiary alicyclic amines) is 1. The number of hydrogen-bond donors (Lipinski definition) is 2. The number of nitrogens with one attached hydrogen (secondary N) is 1. The highest BCUT2D eigenvalue weighted by molar-refractivity contribution is 5.86. The van der Waals surface area contributed by atoms with Crippen LogP contribution in [-0.4, -0.2) is 42.5 Å². The van der Waals surface area contributed by atoms with Crippen molar-refractivity contribution in [2.45, 2.75) is 57.0 Å². The van der Waals surface area contributed by atoms with Crippen LogP contribution in [0.1, 0.15) is 45.4 Å². The highest BCUT2D eigenvalue weighted by Crippen LogP contribution is 2.30. The van der Waals surface area contributed by atoms with Crippen molar-refractivity contribution in [2.75, 3.05) is 20.1 Å². The van der Waals surface area contributed by atoms with Gasteiger partial charge < -0.3 is 16.0 Å². The third-order valence-corrected chi connectivity index (χ3v) is 4.44. The van der Waals surface area contributed by atoms with Crippen molar-refractivity contribution in [1.29, 1.82) is 0 Å². The lowest BCUT2D eigenvalue weighted by molar-refractivity contribution is -0.129. The van der Waals surface area contributed by atoms with Gasteiger partial charge in [-0.3, -0.25) is 4.79 Å². The van der Waals surface area contributed by atoms with Crippen molar-refractivity contribution in [3.63, 3.8) is 0 Å². The number of piperidine rings is 1. The topological polar surface area (TPSA) is 58.4 Å². The molecule has 1 aliphatic carbocycles. The van der Waals surface area contributed by atoms with Crippen LogP contribution in [0.25, 0.3) is 0 Å². The summed E-state index contributed by atoms with van der Waals surface area (Å²) in [5, 5.41) is 3.17. The Hall–Kier alpha value is -0.610. The van der Waals surface area contributed by atoms with Crippen molar-refractivity contribution < 1.29 is 4.79 Å². The molecule has 2 aliphatic rings. The fourth-order valence-corrected chi connectivity index (χ4v) is 3.41. The molecule has 4 nitrogen and oxygen atoms in total. The molecule has 104 valence electrons. The van der Waals surface area contributed by atoms with Gasteiger partial charge in [0.2, 0.25) is 5.91 Å². The van der Waals surface area contributed by atoms with Crippen LogP contribution in [0, 0.1) is 5.92 Å².